The van der Waals surface area contributed by atoms with Gasteiger partial charge < -0.3 is 10.3 Å². The van der Waals surface area contributed by atoms with Gasteiger partial charge in [0.15, 0.2) is 11.2 Å². The van der Waals surface area contributed by atoms with Crippen LogP contribution < -0.4 is 17.0 Å². The van der Waals surface area contributed by atoms with Crippen molar-refractivity contribution < 1.29 is 0 Å². The molecule has 0 aliphatic carbocycles. The highest BCUT2D eigenvalue weighted by Crippen LogP contribution is 2.23. The van der Waals surface area contributed by atoms with Gasteiger partial charge in [-0.05, 0) is 6.42 Å². The average Bonchev–Trinajstić information content (AvgIpc) is 2.77. The molecule has 0 saturated heterocycles. The maximum atomic E-state index is 12.7. The number of nitrogens with two attached hydrogens (primary N) is 1. The first kappa shape index (κ1) is 16.5. The molecule has 0 saturated carbocycles. The minimum atomic E-state index is -0.330. The summed E-state index contributed by atoms with van der Waals surface area (Å²) < 4.78 is 4.60. The van der Waals surface area contributed by atoms with E-state index in [0.29, 0.717) is 17.7 Å². The monoisotopic (exact) mass is 307 g/mol. The third-order valence-electron chi connectivity index (χ3n) is 3.71. The lowest BCUT2D eigenvalue weighted by Gasteiger charge is -2.17. The summed E-state index contributed by atoms with van der Waals surface area (Å²) in [6, 6.07) is 0. The molecule has 2 aromatic heterocycles. The summed E-state index contributed by atoms with van der Waals surface area (Å²) in [5.74, 6) is 0.786. The van der Waals surface area contributed by atoms with Crippen LogP contribution in [-0.4, -0.2) is 25.2 Å². The molecule has 122 valence electrons. The van der Waals surface area contributed by atoms with Crippen molar-refractivity contribution in [2.75, 3.05) is 6.54 Å². The lowest BCUT2D eigenvalue weighted by atomic mass is 9.96. The first-order chi connectivity index (χ1) is 10.2. The van der Waals surface area contributed by atoms with Crippen molar-refractivity contribution in [3.05, 3.63) is 26.7 Å². The molecule has 2 aromatic rings. The number of fused-ring (bicyclic) bond motifs is 1. The molecular weight excluding hydrogens is 282 g/mol. The first-order valence-corrected chi connectivity index (χ1v) is 7.64. The lowest BCUT2D eigenvalue weighted by Crippen LogP contribution is -2.42. The number of hydrogen-bond acceptors (Lipinski definition) is 4. The maximum Gasteiger partial charge on any atom is 0.332 e. The molecule has 0 aliphatic rings. The summed E-state index contributed by atoms with van der Waals surface area (Å²) in [7, 11) is 1.82. The first-order valence-electron chi connectivity index (χ1n) is 7.64. The van der Waals surface area contributed by atoms with E-state index in [-0.39, 0.29) is 29.8 Å². The van der Waals surface area contributed by atoms with Gasteiger partial charge in [-0.15, -0.1) is 0 Å². The van der Waals surface area contributed by atoms with E-state index in [1.807, 2.05) is 34.7 Å². The second-order valence-corrected chi connectivity index (χ2v) is 6.60. The average molecular weight is 307 g/mol. The number of rotatable bonds is 4. The Balaban J connectivity index is 2.97. The van der Waals surface area contributed by atoms with Crippen molar-refractivity contribution in [3.63, 3.8) is 0 Å². The van der Waals surface area contributed by atoms with Gasteiger partial charge in [-0.1, -0.05) is 27.7 Å². The molecule has 0 bridgehead atoms. The van der Waals surface area contributed by atoms with Crippen LogP contribution in [-0.2, 0) is 25.6 Å². The summed E-state index contributed by atoms with van der Waals surface area (Å²) in [5, 5.41) is 0. The van der Waals surface area contributed by atoms with Crippen molar-refractivity contribution in [1.82, 2.24) is 18.7 Å². The Morgan fingerprint density at radius 2 is 1.77 bits per heavy atom. The van der Waals surface area contributed by atoms with Crippen molar-refractivity contribution >= 4 is 11.2 Å². The van der Waals surface area contributed by atoms with Gasteiger partial charge in [0, 0.05) is 32.1 Å². The standard InChI is InChI=1S/C15H25N5O2/c1-6-8-19-11-10(12(21)20(9-7-16)14(19)22)18(5)13(17-11)15(2,3)4/h6-9,16H2,1-5H3. The number of aromatic nitrogens is 4. The molecule has 0 amide bonds. The van der Waals surface area contributed by atoms with E-state index in [9.17, 15) is 9.59 Å². The molecule has 0 aliphatic heterocycles. The fourth-order valence-corrected chi connectivity index (χ4v) is 2.78. The summed E-state index contributed by atoms with van der Waals surface area (Å²) in [6.07, 6.45) is 0.789. The topological polar surface area (TPSA) is 87.8 Å². The molecule has 0 atom stereocenters. The molecule has 22 heavy (non-hydrogen) atoms. The number of imidazole rings is 1. The summed E-state index contributed by atoms with van der Waals surface area (Å²) in [6.45, 7) is 9.09. The van der Waals surface area contributed by atoms with E-state index < -0.39 is 0 Å². The Bertz CT molecular complexity index is 804. The normalized spacial score (nSPS) is 12.3. The van der Waals surface area contributed by atoms with Gasteiger partial charge in [-0.25, -0.2) is 9.78 Å². The molecule has 0 unspecified atom stereocenters. The van der Waals surface area contributed by atoms with Gasteiger partial charge >= 0.3 is 5.69 Å². The second kappa shape index (κ2) is 5.72. The zero-order valence-electron chi connectivity index (χ0n) is 14.0. The van der Waals surface area contributed by atoms with Crippen LogP contribution in [0.5, 0.6) is 0 Å². The van der Waals surface area contributed by atoms with Crippen LogP contribution in [0.15, 0.2) is 9.59 Å². The molecular formula is C15H25N5O2. The van der Waals surface area contributed by atoms with E-state index in [1.54, 1.807) is 9.13 Å². The van der Waals surface area contributed by atoms with Crippen LogP contribution in [0.4, 0.5) is 0 Å². The van der Waals surface area contributed by atoms with E-state index in [0.717, 1.165) is 12.2 Å². The van der Waals surface area contributed by atoms with E-state index in [1.165, 1.54) is 4.57 Å². The van der Waals surface area contributed by atoms with E-state index in [2.05, 4.69) is 4.98 Å². The predicted octanol–water partition coefficient (Wildman–Crippen LogP) is 0.563. The van der Waals surface area contributed by atoms with Gasteiger partial charge in [0.25, 0.3) is 5.56 Å². The van der Waals surface area contributed by atoms with Crippen LogP contribution in [0.2, 0.25) is 0 Å². The zero-order valence-corrected chi connectivity index (χ0v) is 14.0. The Kier molecular flexibility index (Phi) is 4.28. The van der Waals surface area contributed by atoms with Crippen LogP contribution in [0.1, 0.15) is 39.9 Å². The van der Waals surface area contributed by atoms with Gasteiger partial charge in [0.2, 0.25) is 0 Å². The van der Waals surface area contributed by atoms with Crippen molar-refractivity contribution in [2.45, 2.75) is 52.6 Å². The number of nitrogens with zero attached hydrogens (tertiary/aromatic N) is 4. The van der Waals surface area contributed by atoms with Crippen LogP contribution >= 0.6 is 0 Å². The highest BCUT2D eigenvalue weighted by molar-refractivity contribution is 5.71. The predicted molar refractivity (Wildman–Crippen MR) is 87.3 cm³/mol. The zero-order chi connectivity index (χ0) is 16.7. The molecule has 7 heteroatoms. The Hall–Kier alpha value is -1.89. The SMILES string of the molecule is CCCn1c(=O)n(CCN)c(=O)c2c1nc(C(C)(C)C)n2C. The number of hydrogen-bond donors (Lipinski definition) is 1. The lowest BCUT2D eigenvalue weighted by molar-refractivity contribution is 0.526. The van der Waals surface area contributed by atoms with Crippen molar-refractivity contribution in [2.24, 2.45) is 12.8 Å². The largest absolute Gasteiger partial charge is 0.332 e. The fraction of sp³-hybridized carbons (Fsp3) is 0.667. The van der Waals surface area contributed by atoms with Gasteiger partial charge in [0.1, 0.15) is 5.82 Å². The third kappa shape index (κ3) is 2.49. The van der Waals surface area contributed by atoms with Crippen molar-refractivity contribution in [3.8, 4) is 0 Å². The molecule has 2 N–H and O–H groups in total. The Morgan fingerprint density at radius 1 is 1.14 bits per heavy atom. The van der Waals surface area contributed by atoms with Crippen LogP contribution in [0, 0.1) is 0 Å². The molecule has 0 spiro atoms. The maximum absolute atomic E-state index is 12.7. The molecule has 2 heterocycles. The highest BCUT2D eigenvalue weighted by atomic mass is 16.2. The minimum absolute atomic E-state index is 0.216. The van der Waals surface area contributed by atoms with Gasteiger partial charge in [-0.3, -0.25) is 13.9 Å². The smallest absolute Gasteiger partial charge is 0.329 e. The van der Waals surface area contributed by atoms with Gasteiger partial charge in [0.05, 0.1) is 0 Å². The number of aryl methyl sites for hydroxylation is 2. The molecule has 0 radical (unpaired) electrons. The van der Waals surface area contributed by atoms with Crippen LogP contribution in [0.3, 0.4) is 0 Å². The third-order valence-corrected chi connectivity index (χ3v) is 3.71. The van der Waals surface area contributed by atoms with E-state index >= 15 is 0 Å². The Morgan fingerprint density at radius 3 is 2.27 bits per heavy atom. The molecule has 0 aromatic carbocycles. The van der Waals surface area contributed by atoms with Gasteiger partial charge in [-0.2, -0.15) is 0 Å². The quantitative estimate of drug-likeness (QED) is 0.894. The van der Waals surface area contributed by atoms with Crippen molar-refractivity contribution in [1.29, 1.82) is 0 Å². The summed E-state index contributed by atoms with van der Waals surface area (Å²) in [4.78, 5) is 29.9. The van der Waals surface area contributed by atoms with E-state index in [4.69, 9.17) is 5.73 Å². The highest BCUT2D eigenvalue weighted by Gasteiger charge is 2.25. The summed E-state index contributed by atoms with van der Waals surface area (Å²) in [5.41, 5.74) is 5.62. The minimum Gasteiger partial charge on any atom is -0.329 e. The van der Waals surface area contributed by atoms with Crippen LogP contribution in [0.25, 0.3) is 11.2 Å². The molecule has 2 rings (SSSR count). The molecule has 0 fully saturated rings. The Labute approximate surface area is 129 Å². The fourth-order valence-electron chi connectivity index (χ4n) is 2.78. The summed E-state index contributed by atoms with van der Waals surface area (Å²) >= 11 is 0. The molecule has 7 nitrogen and oxygen atoms in total. The second-order valence-electron chi connectivity index (χ2n) is 6.60.